The molecule has 0 amide bonds. The lowest BCUT2D eigenvalue weighted by atomic mass is 10.0. The molecule has 0 saturated carbocycles. The first-order valence-electron chi connectivity index (χ1n) is 16.8. The largest absolute Gasteiger partial charge is 0.465 e. The van der Waals surface area contributed by atoms with E-state index in [1.165, 1.54) is 77.0 Å². The molecule has 2 heterocycles. The minimum Gasteiger partial charge on any atom is -0.465 e. The van der Waals surface area contributed by atoms with Gasteiger partial charge in [-0.2, -0.15) is 4.98 Å². The van der Waals surface area contributed by atoms with Crippen molar-refractivity contribution in [3.63, 3.8) is 0 Å². The van der Waals surface area contributed by atoms with Crippen molar-refractivity contribution in [1.29, 1.82) is 0 Å². The predicted octanol–water partition coefficient (Wildman–Crippen LogP) is 6.75. The molecule has 2 atom stereocenters. The maximum atomic E-state index is 12.5. The summed E-state index contributed by atoms with van der Waals surface area (Å²) in [5, 5.41) is 0. The van der Waals surface area contributed by atoms with Crippen molar-refractivity contribution in [2.24, 2.45) is 17.6 Å². The first kappa shape index (κ1) is 36.4. The van der Waals surface area contributed by atoms with E-state index in [2.05, 4.69) is 21.9 Å². The predicted molar refractivity (Wildman–Crippen MR) is 172 cm³/mol. The van der Waals surface area contributed by atoms with E-state index in [0.29, 0.717) is 30.6 Å². The lowest BCUT2D eigenvalue weighted by Gasteiger charge is -2.19. The fraction of sp³-hybridized carbons (Fsp3) is 0.788. The van der Waals surface area contributed by atoms with Gasteiger partial charge in [0.15, 0.2) is 5.65 Å². The average molecular weight is 603 g/mol. The van der Waals surface area contributed by atoms with E-state index >= 15 is 0 Å². The molecule has 43 heavy (non-hydrogen) atoms. The SMILES string of the molecule is CCCCCCCCCCCCCCCCCC(=O)OCC(CCOC(=O)[C@@H](N)C(C)C)Cn1cnc2cnc(N)nc21. The molecule has 0 fully saturated rings. The molecule has 2 rings (SSSR count). The lowest BCUT2D eigenvalue weighted by molar-refractivity contribution is -0.149. The first-order valence-corrected chi connectivity index (χ1v) is 16.8. The molecule has 2 aromatic rings. The topological polar surface area (TPSA) is 148 Å². The smallest absolute Gasteiger partial charge is 0.323 e. The highest BCUT2D eigenvalue weighted by molar-refractivity contribution is 5.75. The fourth-order valence-corrected chi connectivity index (χ4v) is 5.13. The van der Waals surface area contributed by atoms with Crippen LogP contribution in [0.1, 0.15) is 130 Å². The summed E-state index contributed by atoms with van der Waals surface area (Å²) in [6, 6.07) is -0.663. The molecule has 2 aromatic heterocycles. The number of imidazole rings is 1. The number of nitrogens with two attached hydrogens (primary N) is 2. The first-order chi connectivity index (χ1) is 20.8. The van der Waals surface area contributed by atoms with Gasteiger partial charge in [0.2, 0.25) is 5.95 Å². The summed E-state index contributed by atoms with van der Waals surface area (Å²) < 4.78 is 12.9. The Morgan fingerprint density at radius 1 is 0.860 bits per heavy atom. The summed E-state index contributed by atoms with van der Waals surface area (Å²) in [4.78, 5) is 37.3. The van der Waals surface area contributed by atoms with E-state index in [4.69, 9.17) is 20.9 Å². The molecule has 10 nitrogen and oxygen atoms in total. The Bertz CT molecular complexity index is 1040. The van der Waals surface area contributed by atoms with Crippen molar-refractivity contribution < 1.29 is 19.1 Å². The zero-order valence-corrected chi connectivity index (χ0v) is 27.1. The second-order valence-corrected chi connectivity index (χ2v) is 12.3. The maximum absolute atomic E-state index is 12.5. The molecule has 0 radical (unpaired) electrons. The summed E-state index contributed by atoms with van der Waals surface area (Å²) in [6.07, 6.45) is 23.5. The van der Waals surface area contributed by atoms with Gasteiger partial charge in [0, 0.05) is 18.9 Å². The normalized spacial score (nSPS) is 13.0. The molecule has 1 unspecified atom stereocenters. The summed E-state index contributed by atoms with van der Waals surface area (Å²) in [7, 11) is 0. The van der Waals surface area contributed by atoms with Gasteiger partial charge in [-0.1, -0.05) is 111 Å². The minimum atomic E-state index is -0.663. The molecule has 0 spiro atoms. The van der Waals surface area contributed by atoms with Crippen LogP contribution in [0, 0.1) is 11.8 Å². The van der Waals surface area contributed by atoms with Crippen LogP contribution in [-0.2, 0) is 25.6 Å². The van der Waals surface area contributed by atoms with Crippen LogP contribution in [0.2, 0.25) is 0 Å². The van der Waals surface area contributed by atoms with Gasteiger partial charge in [0.1, 0.15) is 11.6 Å². The Balaban J connectivity index is 1.65. The van der Waals surface area contributed by atoms with Gasteiger partial charge >= 0.3 is 11.9 Å². The number of fused-ring (bicyclic) bond motifs is 1. The number of anilines is 1. The van der Waals surface area contributed by atoms with E-state index in [9.17, 15) is 9.59 Å². The van der Waals surface area contributed by atoms with Crippen LogP contribution in [0.25, 0.3) is 11.2 Å². The highest BCUT2D eigenvalue weighted by Gasteiger charge is 2.21. The van der Waals surface area contributed by atoms with E-state index in [1.54, 1.807) is 12.5 Å². The summed E-state index contributed by atoms with van der Waals surface area (Å²) in [5.41, 5.74) is 12.9. The Morgan fingerprint density at radius 3 is 2.02 bits per heavy atom. The van der Waals surface area contributed by atoms with Gasteiger partial charge in [0.05, 0.1) is 25.7 Å². The molecule has 0 saturated heterocycles. The molecule has 0 aliphatic heterocycles. The van der Waals surface area contributed by atoms with Gasteiger partial charge in [-0.25, -0.2) is 9.97 Å². The van der Waals surface area contributed by atoms with Crippen LogP contribution in [0.15, 0.2) is 12.5 Å². The van der Waals surface area contributed by atoms with Crippen LogP contribution < -0.4 is 11.5 Å². The number of esters is 2. The number of aromatic nitrogens is 4. The standard InChI is InChI=1S/C33H58N6O4/c1-4-5-6-7-8-9-10-11-12-13-14-15-16-17-18-19-29(40)43-24-27(20-21-42-32(41)30(34)26(2)3)23-39-25-37-28-22-36-33(35)38-31(28)39/h22,25-27,30H,4-21,23-24,34H2,1-3H3,(H2,35,36,38)/t27?,30-/m0/s1. The molecule has 0 bridgehead atoms. The maximum Gasteiger partial charge on any atom is 0.323 e. The molecule has 0 aliphatic rings. The zero-order chi connectivity index (χ0) is 31.3. The molecule has 244 valence electrons. The number of nitrogens with zero attached hydrogens (tertiary/aromatic N) is 4. The van der Waals surface area contributed by atoms with Crippen molar-refractivity contribution in [1.82, 2.24) is 19.5 Å². The van der Waals surface area contributed by atoms with Crippen LogP contribution >= 0.6 is 0 Å². The van der Waals surface area contributed by atoms with Crippen molar-refractivity contribution in [2.45, 2.75) is 143 Å². The molecule has 4 N–H and O–H groups in total. The van der Waals surface area contributed by atoms with Crippen LogP contribution in [0.5, 0.6) is 0 Å². The molecular weight excluding hydrogens is 544 g/mol. The summed E-state index contributed by atoms with van der Waals surface area (Å²) in [5.74, 6) is -0.571. The fourth-order valence-electron chi connectivity index (χ4n) is 5.13. The van der Waals surface area contributed by atoms with Crippen molar-refractivity contribution >= 4 is 29.1 Å². The number of ether oxygens (including phenoxy) is 2. The number of hydrogen-bond donors (Lipinski definition) is 2. The van der Waals surface area contributed by atoms with Crippen LogP contribution in [0.4, 0.5) is 5.95 Å². The average Bonchev–Trinajstić information content (AvgIpc) is 3.38. The molecule has 0 aromatic carbocycles. The highest BCUT2D eigenvalue weighted by atomic mass is 16.5. The van der Waals surface area contributed by atoms with Gasteiger partial charge in [-0.15, -0.1) is 0 Å². The number of rotatable bonds is 25. The summed E-state index contributed by atoms with van der Waals surface area (Å²) in [6.45, 7) is 6.90. The van der Waals surface area contributed by atoms with E-state index in [0.717, 1.165) is 19.3 Å². The molecular formula is C33H58N6O4. The third-order valence-corrected chi connectivity index (χ3v) is 8.06. The van der Waals surface area contributed by atoms with Crippen molar-refractivity contribution in [3.05, 3.63) is 12.5 Å². The van der Waals surface area contributed by atoms with Crippen molar-refractivity contribution in [2.75, 3.05) is 18.9 Å². The van der Waals surface area contributed by atoms with Gasteiger partial charge in [-0.3, -0.25) is 9.59 Å². The van der Waals surface area contributed by atoms with Crippen LogP contribution in [0.3, 0.4) is 0 Å². The molecule has 10 heteroatoms. The van der Waals surface area contributed by atoms with Crippen molar-refractivity contribution in [3.8, 4) is 0 Å². The Kier molecular flexibility index (Phi) is 18.5. The number of hydrogen-bond acceptors (Lipinski definition) is 9. The van der Waals surface area contributed by atoms with Gasteiger partial charge in [0.25, 0.3) is 0 Å². The summed E-state index contributed by atoms with van der Waals surface area (Å²) >= 11 is 0. The number of unbranched alkanes of at least 4 members (excludes halogenated alkanes) is 14. The highest BCUT2D eigenvalue weighted by Crippen LogP contribution is 2.17. The van der Waals surface area contributed by atoms with E-state index < -0.39 is 12.0 Å². The third-order valence-electron chi connectivity index (χ3n) is 8.06. The quantitative estimate of drug-likeness (QED) is 0.0930. The van der Waals surface area contributed by atoms with E-state index in [-0.39, 0.29) is 37.0 Å². The number of carbonyl (C=O) groups is 2. The number of nitrogen functional groups attached to an aromatic ring is 1. The molecule has 0 aliphatic carbocycles. The Labute approximate surface area is 259 Å². The monoisotopic (exact) mass is 602 g/mol. The Hall–Kier alpha value is -2.75. The van der Waals surface area contributed by atoms with E-state index in [1.807, 2.05) is 18.4 Å². The van der Waals surface area contributed by atoms with Gasteiger partial charge in [-0.05, 0) is 18.8 Å². The number of carbonyl (C=O) groups excluding carboxylic acids is 2. The van der Waals surface area contributed by atoms with Crippen LogP contribution in [-0.4, -0.2) is 50.7 Å². The van der Waals surface area contributed by atoms with Gasteiger partial charge < -0.3 is 25.5 Å². The second kappa shape index (κ2) is 21.9. The lowest BCUT2D eigenvalue weighted by Crippen LogP contribution is -2.37. The third kappa shape index (κ3) is 15.5. The zero-order valence-electron chi connectivity index (χ0n) is 27.1. The second-order valence-electron chi connectivity index (χ2n) is 12.3. The Morgan fingerprint density at radius 2 is 1.44 bits per heavy atom. The minimum absolute atomic E-state index is 0.00794.